The Morgan fingerprint density at radius 1 is 1.29 bits per heavy atom. The number of rotatable bonds is 6. The summed E-state index contributed by atoms with van der Waals surface area (Å²) in [6.07, 6.45) is 6.28. The predicted molar refractivity (Wildman–Crippen MR) is 59.3 cm³/mol. The van der Waals surface area contributed by atoms with Crippen LogP contribution < -0.4 is 0 Å². The van der Waals surface area contributed by atoms with Gasteiger partial charge in [0, 0.05) is 11.4 Å². The molecule has 0 bridgehead atoms. The number of aliphatic hydroxyl groups excluding tert-OH is 1. The van der Waals surface area contributed by atoms with Crippen molar-refractivity contribution in [3.8, 4) is 0 Å². The van der Waals surface area contributed by atoms with Crippen LogP contribution in [0.5, 0.6) is 0 Å². The quantitative estimate of drug-likeness (QED) is 0.673. The van der Waals surface area contributed by atoms with Gasteiger partial charge in [0.25, 0.3) is 0 Å². The second kappa shape index (κ2) is 5.86. The highest BCUT2D eigenvalue weighted by atomic mass is 16.3. The van der Waals surface area contributed by atoms with Crippen LogP contribution in [0, 0.1) is 6.92 Å². The minimum atomic E-state index is 0.150. The molecular weight excluding hydrogens is 174 g/mol. The van der Waals surface area contributed by atoms with Gasteiger partial charge in [-0.3, -0.25) is 0 Å². The SMILES string of the molecule is CCCCCCc1cc(CO)c(C)[nH]1. The molecule has 0 spiro atoms. The molecule has 0 fully saturated rings. The van der Waals surface area contributed by atoms with Crippen LogP contribution in [0.4, 0.5) is 0 Å². The molecule has 80 valence electrons. The van der Waals surface area contributed by atoms with Crippen LogP contribution >= 0.6 is 0 Å². The number of nitrogens with one attached hydrogen (secondary N) is 1. The van der Waals surface area contributed by atoms with Gasteiger partial charge in [-0.2, -0.15) is 0 Å². The third kappa shape index (κ3) is 3.18. The number of hydrogen-bond donors (Lipinski definition) is 2. The molecule has 0 radical (unpaired) electrons. The molecular formula is C12H21NO. The number of hydrogen-bond acceptors (Lipinski definition) is 1. The first-order valence-corrected chi connectivity index (χ1v) is 5.56. The Kier molecular flexibility index (Phi) is 4.74. The molecule has 14 heavy (non-hydrogen) atoms. The summed E-state index contributed by atoms with van der Waals surface area (Å²) in [7, 11) is 0. The van der Waals surface area contributed by atoms with Crippen LogP contribution in [0.3, 0.4) is 0 Å². The van der Waals surface area contributed by atoms with Crippen LogP contribution in [0.1, 0.15) is 49.6 Å². The van der Waals surface area contributed by atoms with E-state index in [1.807, 2.05) is 6.92 Å². The summed E-state index contributed by atoms with van der Waals surface area (Å²) in [4.78, 5) is 3.31. The number of H-pyrrole nitrogens is 1. The standard InChI is InChI=1S/C12H21NO/c1-3-4-5-6-7-12-8-11(9-14)10(2)13-12/h8,13-14H,3-7,9H2,1-2H3. The normalized spacial score (nSPS) is 10.8. The van der Waals surface area contributed by atoms with E-state index in [0.29, 0.717) is 0 Å². The Bertz CT molecular complexity index is 265. The fourth-order valence-electron chi connectivity index (χ4n) is 1.72. The highest BCUT2D eigenvalue weighted by molar-refractivity contribution is 5.24. The van der Waals surface area contributed by atoms with E-state index in [-0.39, 0.29) is 6.61 Å². The molecule has 0 unspecified atom stereocenters. The van der Waals surface area contributed by atoms with Gasteiger partial charge < -0.3 is 10.1 Å². The average Bonchev–Trinajstić information content (AvgIpc) is 2.54. The zero-order valence-corrected chi connectivity index (χ0v) is 9.27. The van der Waals surface area contributed by atoms with E-state index in [0.717, 1.165) is 17.7 Å². The third-order valence-corrected chi connectivity index (χ3v) is 2.65. The highest BCUT2D eigenvalue weighted by Crippen LogP contribution is 2.12. The molecule has 1 rings (SSSR count). The van der Waals surface area contributed by atoms with Crippen molar-refractivity contribution in [3.63, 3.8) is 0 Å². The molecule has 0 aliphatic carbocycles. The molecule has 0 saturated heterocycles. The summed E-state index contributed by atoms with van der Waals surface area (Å²) < 4.78 is 0. The number of aromatic nitrogens is 1. The first kappa shape index (κ1) is 11.3. The summed E-state index contributed by atoms with van der Waals surface area (Å²) in [5.41, 5.74) is 3.41. The van der Waals surface area contributed by atoms with Crippen molar-refractivity contribution in [2.45, 2.75) is 52.6 Å². The second-order valence-corrected chi connectivity index (χ2v) is 3.91. The number of aliphatic hydroxyl groups is 1. The number of unbranched alkanes of at least 4 members (excludes halogenated alkanes) is 3. The van der Waals surface area contributed by atoms with Crippen molar-refractivity contribution < 1.29 is 5.11 Å². The summed E-state index contributed by atoms with van der Waals surface area (Å²) in [5, 5.41) is 9.02. The van der Waals surface area contributed by atoms with Gasteiger partial charge in [0.15, 0.2) is 0 Å². The molecule has 2 nitrogen and oxygen atoms in total. The molecule has 0 amide bonds. The van der Waals surface area contributed by atoms with E-state index >= 15 is 0 Å². The Morgan fingerprint density at radius 3 is 2.64 bits per heavy atom. The lowest BCUT2D eigenvalue weighted by atomic mass is 10.1. The van der Waals surface area contributed by atoms with Gasteiger partial charge in [-0.05, 0) is 31.4 Å². The van der Waals surface area contributed by atoms with E-state index in [1.165, 1.54) is 31.4 Å². The summed E-state index contributed by atoms with van der Waals surface area (Å²) in [6, 6.07) is 2.08. The Morgan fingerprint density at radius 2 is 2.07 bits per heavy atom. The van der Waals surface area contributed by atoms with Crippen molar-refractivity contribution in [2.24, 2.45) is 0 Å². The maximum absolute atomic E-state index is 9.02. The number of aryl methyl sites for hydroxylation is 2. The minimum absolute atomic E-state index is 0.150. The van der Waals surface area contributed by atoms with Crippen molar-refractivity contribution in [2.75, 3.05) is 0 Å². The first-order chi connectivity index (χ1) is 6.77. The maximum Gasteiger partial charge on any atom is 0.0699 e. The molecule has 2 heteroatoms. The molecule has 0 saturated carbocycles. The highest BCUT2D eigenvalue weighted by Gasteiger charge is 2.02. The van der Waals surface area contributed by atoms with Crippen molar-refractivity contribution in [3.05, 3.63) is 23.0 Å². The van der Waals surface area contributed by atoms with Gasteiger partial charge in [0.1, 0.15) is 0 Å². The monoisotopic (exact) mass is 195 g/mol. The van der Waals surface area contributed by atoms with Crippen LogP contribution in [-0.2, 0) is 13.0 Å². The van der Waals surface area contributed by atoms with E-state index in [4.69, 9.17) is 5.11 Å². The lowest BCUT2D eigenvalue weighted by Gasteiger charge is -1.97. The van der Waals surface area contributed by atoms with Crippen LogP contribution in [0.2, 0.25) is 0 Å². The topological polar surface area (TPSA) is 36.0 Å². The molecule has 2 N–H and O–H groups in total. The average molecular weight is 195 g/mol. The van der Waals surface area contributed by atoms with Gasteiger partial charge in [-0.1, -0.05) is 26.2 Å². The molecule has 1 aromatic heterocycles. The molecule has 0 aromatic carbocycles. The van der Waals surface area contributed by atoms with E-state index in [9.17, 15) is 0 Å². The maximum atomic E-state index is 9.02. The lowest BCUT2D eigenvalue weighted by molar-refractivity contribution is 0.281. The molecule has 0 aliphatic heterocycles. The summed E-state index contributed by atoms with van der Waals surface area (Å²) in [6.45, 7) is 4.39. The van der Waals surface area contributed by atoms with Gasteiger partial charge in [-0.15, -0.1) is 0 Å². The molecule has 1 heterocycles. The predicted octanol–water partition coefficient (Wildman–Crippen LogP) is 2.94. The van der Waals surface area contributed by atoms with Crippen LogP contribution in [0.25, 0.3) is 0 Å². The fraction of sp³-hybridized carbons (Fsp3) is 0.667. The molecule has 0 aliphatic rings. The number of aromatic amines is 1. The van der Waals surface area contributed by atoms with E-state index in [2.05, 4.69) is 18.0 Å². The van der Waals surface area contributed by atoms with Crippen molar-refractivity contribution in [1.82, 2.24) is 4.98 Å². The summed E-state index contributed by atoms with van der Waals surface area (Å²) >= 11 is 0. The lowest BCUT2D eigenvalue weighted by Crippen LogP contribution is -1.85. The van der Waals surface area contributed by atoms with E-state index < -0.39 is 0 Å². The molecule has 1 aromatic rings. The Labute approximate surface area is 86.4 Å². The first-order valence-electron chi connectivity index (χ1n) is 5.56. The Hall–Kier alpha value is -0.760. The summed E-state index contributed by atoms with van der Waals surface area (Å²) in [5.74, 6) is 0. The van der Waals surface area contributed by atoms with Gasteiger partial charge in [0.05, 0.1) is 6.61 Å². The van der Waals surface area contributed by atoms with Crippen LogP contribution in [0.15, 0.2) is 6.07 Å². The molecule has 0 atom stereocenters. The third-order valence-electron chi connectivity index (χ3n) is 2.65. The minimum Gasteiger partial charge on any atom is -0.392 e. The van der Waals surface area contributed by atoms with Gasteiger partial charge in [0.2, 0.25) is 0 Å². The fourth-order valence-corrected chi connectivity index (χ4v) is 1.72. The van der Waals surface area contributed by atoms with Crippen molar-refractivity contribution in [1.29, 1.82) is 0 Å². The van der Waals surface area contributed by atoms with Gasteiger partial charge >= 0.3 is 0 Å². The van der Waals surface area contributed by atoms with Crippen LogP contribution in [-0.4, -0.2) is 10.1 Å². The van der Waals surface area contributed by atoms with Gasteiger partial charge in [-0.25, -0.2) is 0 Å². The van der Waals surface area contributed by atoms with E-state index in [1.54, 1.807) is 0 Å². The van der Waals surface area contributed by atoms with Crippen molar-refractivity contribution >= 4 is 0 Å². The Balaban J connectivity index is 2.35. The second-order valence-electron chi connectivity index (χ2n) is 3.91. The smallest absolute Gasteiger partial charge is 0.0699 e. The largest absolute Gasteiger partial charge is 0.392 e. The zero-order valence-electron chi connectivity index (χ0n) is 9.27. The zero-order chi connectivity index (χ0) is 10.4.